The van der Waals surface area contributed by atoms with Crippen LogP contribution in [0, 0.1) is 16.7 Å². The number of likely N-dealkylation sites (tertiary alicyclic amines) is 1. The number of carbonyl (C=O) groups is 2. The van der Waals surface area contributed by atoms with Crippen molar-refractivity contribution >= 4 is 35.1 Å². The second-order valence-electron chi connectivity index (χ2n) is 9.35. The molecule has 1 aromatic carbocycles. The SMILES string of the molecule is COCC(=O)N1CC(CC#N)(N/C=C(\C=N)c2cnn3c(-c4cccc(NC(=O)NCC(F)(F)F)c4)cnc3c2)C1. The van der Waals surface area contributed by atoms with Gasteiger partial charge in [0.1, 0.15) is 13.2 Å². The van der Waals surface area contributed by atoms with Crippen molar-refractivity contribution in [3.63, 3.8) is 0 Å². The molecule has 0 saturated carbocycles. The summed E-state index contributed by atoms with van der Waals surface area (Å²) >= 11 is 0. The molecule has 0 aliphatic carbocycles. The molecule has 1 aliphatic heterocycles. The number of ether oxygens (including phenoxy) is 1. The number of benzene rings is 1. The maximum atomic E-state index is 12.4. The third kappa shape index (κ3) is 6.97. The summed E-state index contributed by atoms with van der Waals surface area (Å²) in [4.78, 5) is 29.9. The van der Waals surface area contributed by atoms with Crippen LogP contribution in [-0.2, 0) is 9.53 Å². The number of hydrogen-bond donors (Lipinski definition) is 4. The number of rotatable bonds is 10. The highest BCUT2D eigenvalue weighted by Gasteiger charge is 2.44. The molecule has 0 spiro atoms. The van der Waals surface area contributed by atoms with Gasteiger partial charge in [-0.25, -0.2) is 14.3 Å². The van der Waals surface area contributed by atoms with E-state index in [0.29, 0.717) is 41.1 Å². The minimum atomic E-state index is -4.52. The average molecular weight is 570 g/mol. The van der Waals surface area contributed by atoms with Crippen molar-refractivity contribution in [3.05, 3.63) is 54.5 Å². The molecule has 214 valence electrons. The van der Waals surface area contributed by atoms with E-state index in [0.717, 1.165) is 6.21 Å². The summed E-state index contributed by atoms with van der Waals surface area (Å²) in [5, 5.41) is 29.0. The van der Waals surface area contributed by atoms with Crippen molar-refractivity contribution in [3.8, 4) is 17.3 Å². The number of hydrogen-bond acceptors (Lipinski definition) is 8. The molecule has 4 rings (SSSR count). The number of nitriles is 1. The van der Waals surface area contributed by atoms with E-state index in [1.54, 1.807) is 51.4 Å². The molecule has 2 aromatic heterocycles. The van der Waals surface area contributed by atoms with Crippen molar-refractivity contribution in [2.75, 3.05) is 38.7 Å². The van der Waals surface area contributed by atoms with Crippen LogP contribution in [0.3, 0.4) is 0 Å². The van der Waals surface area contributed by atoms with E-state index in [2.05, 4.69) is 26.8 Å². The van der Waals surface area contributed by atoms with Gasteiger partial charge >= 0.3 is 12.2 Å². The molecule has 4 N–H and O–H groups in total. The van der Waals surface area contributed by atoms with Crippen LogP contribution in [0.15, 0.2) is 48.9 Å². The largest absolute Gasteiger partial charge is 0.405 e. The van der Waals surface area contributed by atoms with Crippen molar-refractivity contribution in [2.45, 2.75) is 18.1 Å². The summed E-state index contributed by atoms with van der Waals surface area (Å²) in [6.07, 6.45) is 1.47. The zero-order valence-corrected chi connectivity index (χ0v) is 21.8. The fourth-order valence-corrected chi connectivity index (χ4v) is 4.26. The predicted molar refractivity (Wildman–Crippen MR) is 143 cm³/mol. The Morgan fingerprint density at radius 2 is 2.05 bits per heavy atom. The van der Waals surface area contributed by atoms with Crippen molar-refractivity contribution < 1.29 is 27.5 Å². The smallest absolute Gasteiger partial charge is 0.380 e. The van der Waals surface area contributed by atoms with E-state index >= 15 is 0 Å². The summed E-state index contributed by atoms with van der Waals surface area (Å²) in [6, 6.07) is 9.34. The van der Waals surface area contributed by atoms with Gasteiger partial charge < -0.3 is 31.0 Å². The Hall–Kier alpha value is -4.97. The first-order chi connectivity index (χ1) is 19.6. The second-order valence-corrected chi connectivity index (χ2v) is 9.35. The first-order valence-corrected chi connectivity index (χ1v) is 12.2. The quantitative estimate of drug-likeness (QED) is 0.273. The number of nitrogens with one attached hydrogen (secondary N) is 4. The van der Waals surface area contributed by atoms with Crippen LogP contribution in [-0.4, -0.2) is 82.7 Å². The Morgan fingerprint density at radius 3 is 2.73 bits per heavy atom. The molecule has 0 radical (unpaired) electrons. The number of fused-ring (bicyclic) bond motifs is 1. The molecular weight excluding hydrogens is 543 g/mol. The van der Waals surface area contributed by atoms with Crippen LogP contribution in [0.4, 0.5) is 23.7 Å². The van der Waals surface area contributed by atoms with E-state index in [-0.39, 0.29) is 24.6 Å². The van der Waals surface area contributed by atoms with Crippen LogP contribution in [0.25, 0.3) is 22.5 Å². The normalized spacial score (nSPS) is 14.6. The molecule has 0 atom stereocenters. The molecule has 41 heavy (non-hydrogen) atoms. The molecule has 12 nitrogen and oxygen atoms in total. The predicted octanol–water partition coefficient (Wildman–Crippen LogP) is 2.80. The Kier molecular flexibility index (Phi) is 8.53. The van der Waals surface area contributed by atoms with Gasteiger partial charge in [0.25, 0.3) is 0 Å². The number of nitrogens with zero attached hydrogens (tertiary/aromatic N) is 5. The van der Waals surface area contributed by atoms with Crippen LogP contribution in [0.1, 0.15) is 12.0 Å². The zero-order valence-electron chi connectivity index (χ0n) is 21.8. The van der Waals surface area contributed by atoms with Crippen molar-refractivity contribution in [1.29, 1.82) is 10.7 Å². The lowest BCUT2D eigenvalue weighted by Crippen LogP contribution is -2.69. The lowest BCUT2D eigenvalue weighted by Gasteiger charge is -2.49. The Bertz CT molecular complexity index is 1520. The monoisotopic (exact) mass is 569 g/mol. The van der Waals surface area contributed by atoms with Crippen molar-refractivity contribution in [1.82, 2.24) is 30.1 Å². The Balaban J connectivity index is 1.50. The van der Waals surface area contributed by atoms with Gasteiger partial charge in [0.2, 0.25) is 5.91 Å². The third-order valence-corrected chi connectivity index (χ3v) is 6.27. The van der Waals surface area contributed by atoms with Gasteiger partial charge in [-0.2, -0.15) is 23.5 Å². The van der Waals surface area contributed by atoms with Gasteiger partial charge in [0, 0.05) is 55.0 Å². The molecular formula is C26H26F3N9O3. The van der Waals surface area contributed by atoms with Gasteiger partial charge in [-0.15, -0.1) is 0 Å². The highest BCUT2D eigenvalue weighted by Crippen LogP contribution is 2.27. The number of anilines is 1. The van der Waals surface area contributed by atoms with Crippen LogP contribution in [0.5, 0.6) is 0 Å². The minimum Gasteiger partial charge on any atom is -0.380 e. The zero-order chi connectivity index (χ0) is 29.6. The Labute approximate surface area is 232 Å². The standard InChI is InChI=1S/C26H26F3N9O3/c1-41-13-23(39)37-15-25(16-37,5-6-30)34-10-19(9-31)18-8-22-32-12-21(38(22)35-11-18)17-3-2-4-20(7-17)36-24(40)33-14-26(27,28)29/h2-4,7-12,31,34H,5,13-16H2,1H3,(H2,33,36,40)/b19-10+,31-9?. The highest BCUT2D eigenvalue weighted by atomic mass is 19.4. The maximum absolute atomic E-state index is 12.4. The third-order valence-electron chi connectivity index (χ3n) is 6.27. The van der Waals surface area contributed by atoms with E-state index in [4.69, 9.17) is 10.1 Å². The van der Waals surface area contributed by atoms with Crippen LogP contribution < -0.4 is 16.0 Å². The van der Waals surface area contributed by atoms with Gasteiger partial charge in [-0.05, 0) is 18.2 Å². The lowest BCUT2D eigenvalue weighted by molar-refractivity contribution is -0.143. The van der Waals surface area contributed by atoms with Gasteiger partial charge in [0.15, 0.2) is 5.65 Å². The number of aromatic nitrogens is 3. The lowest BCUT2D eigenvalue weighted by atomic mass is 9.86. The first-order valence-electron chi connectivity index (χ1n) is 12.2. The molecule has 3 aromatic rings. The number of allylic oxidation sites excluding steroid dienone is 1. The summed E-state index contributed by atoms with van der Waals surface area (Å²) < 4.78 is 43.5. The summed E-state index contributed by atoms with van der Waals surface area (Å²) in [5.41, 5.74) is 2.30. The maximum Gasteiger partial charge on any atom is 0.405 e. The van der Waals surface area contributed by atoms with Gasteiger partial charge in [0.05, 0.1) is 36.1 Å². The summed E-state index contributed by atoms with van der Waals surface area (Å²) in [5.74, 6) is -0.171. The van der Waals surface area contributed by atoms with E-state index in [9.17, 15) is 28.0 Å². The number of amides is 3. The summed E-state index contributed by atoms with van der Waals surface area (Å²) in [7, 11) is 1.44. The minimum absolute atomic E-state index is 0.0414. The van der Waals surface area contributed by atoms with E-state index < -0.39 is 24.3 Å². The highest BCUT2D eigenvalue weighted by molar-refractivity contribution is 6.08. The Morgan fingerprint density at radius 1 is 1.27 bits per heavy atom. The number of alkyl halides is 3. The number of halogens is 3. The van der Waals surface area contributed by atoms with Gasteiger partial charge in [-0.1, -0.05) is 12.1 Å². The molecule has 1 fully saturated rings. The van der Waals surface area contributed by atoms with E-state index in [1.165, 1.54) is 19.4 Å². The fraction of sp³-hybridized carbons (Fsp3) is 0.308. The van der Waals surface area contributed by atoms with Crippen molar-refractivity contribution in [2.24, 2.45) is 0 Å². The van der Waals surface area contributed by atoms with Crippen LogP contribution >= 0.6 is 0 Å². The number of urea groups is 1. The number of methoxy groups -OCH3 is 1. The molecule has 3 heterocycles. The topological polar surface area (TPSA) is 161 Å². The fourth-order valence-electron chi connectivity index (χ4n) is 4.26. The first kappa shape index (κ1) is 29.0. The number of imidazole rings is 1. The molecule has 0 bridgehead atoms. The number of carbonyl (C=O) groups excluding carboxylic acids is 2. The molecule has 1 aliphatic rings. The molecule has 3 amide bonds. The van der Waals surface area contributed by atoms with E-state index in [1.807, 2.05) is 0 Å². The van der Waals surface area contributed by atoms with Crippen LogP contribution in [0.2, 0.25) is 0 Å². The van der Waals surface area contributed by atoms with Gasteiger partial charge in [-0.3, -0.25) is 4.79 Å². The molecule has 15 heteroatoms. The second kappa shape index (κ2) is 12.0. The molecule has 0 unspecified atom stereocenters. The average Bonchev–Trinajstić information content (AvgIpc) is 3.34. The summed E-state index contributed by atoms with van der Waals surface area (Å²) in [6.45, 7) is -0.849. The molecule has 1 saturated heterocycles.